The molecule has 1 fully saturated rings. The van der Waals surface area contributed by atoms with Gasteiger partial charge in [0.2, 0.25) is 0 Å². The van der Waals surface area contributed by atoms with Gasteiger partial charge in [-0.1, -0.05) is 19.8 Å². The average Bonchev–Trinajstić information content (AvgIpc) is 3.02. The fourth-order valence-corrected chi connectivity index (χ4v) is 4.23. The highest BCUT2D eigenvalue weighted by atomic mass is 32.2. The summed E-state index contributed by atoms with van der Waals surface area (Å²) in [5.74, 6) is 0.952. The highest BCUT2D eigenvalue weighted by Gasteiger charge is 2.27. The van der Waals surface area contributed by atoms with Gasteiger partial charge in [0.1, 0.15) is 9.90 Å². The third kappa shape index (κ3) is 2.95. The maximum Gasteiger partial charge on any atom is 0.184 e. The van der Waals surface area contributed by atoms with E-state index in [0.717, 1.165) is 23.9 Å². The van der Waals surface area contributed by atoms with Gasteiger partial charge in [0, 0.05) is 6.04 Å². The number of hydrogen-bond donors (Lipinski definition) is 2. The fourth-order valence-electron chi connectivity index (χ4n) is 1.97. The summed E-state index contributed by atoms with van der Waals surface area (Å²) in [6.45, 7) is 3.68. The van der Waals surface area contributed by atoms with E-state index in [-0.39, 0.29) is 22.5 Å². The molecule has 0 amide bonds. The van der Waals surface area contributed by atoms with Gasteiger partial charge >= 0.3 is 0 Å². The number of anilines is 2. The van der Waals surface area contributed by atoms with Gasteiger partial charge in [-0.25, -0.2) is 8.42 Å². The number of nitrogens with zero attached hydrogens (tertiary/aromatic N) is 1. The van der Waals surface area contributed by atoms with Gasteiger partial charge in [-0.15, -0.1) is 0 Å². The van der Waals surface area contributed by atoms with Crippen LogP contribution in [0, 0.1) is 5.92 Å². The average molecular weight is 289 g/mol. The van der Waals surface area contributed by atoms with Crippen molar-refractivity contribution in [2.45, 2.75) is 44.0 Å². The zero-order valence-electron chi connectivity index (χ0n) is 10.6. The molecule has 7 heteroatoms. The van der Waals surface area contributed by atoms with Crippen molar-refractivity contribution in [2.75, 3.05) is 16.8 Å². The predicted molar refractivity (Wildman–Crippen MR) is 74.7 cm³/mol. The molecule has 3 N–H and O–H groups in total. The molecule has 2 rings (SSSR count). The van der Waals surface area contributed by atoms with Crippen LogP contribution in [0.15, 0.2) is 4.90 Å². The van der Waals surface area contributed by atoms with Crippen LogP contribution >= 0.6 is 11.5 Å². The minimum atomic E-state index is -3.31. The number of nitrogen functional groups attached to an aromatic ring is 1. The molecule has 1 saturated carbocycles. The van der Waals surface area contributed by atoms with Crippen molar-refractivity contribution in [3.05, 3.63) is 0 Å². The van der Waals surface area contributed by atoms with Crippen molar-refractivity contribution >= 4 is 32.2 Å². The Morgan fingerprint density at radius 3 is 2.78 bits per heavy atom. The second-order valence-corrected chi connectivity index (χ2v) is 7.84. The maximum absolute atomic E-state index is 12.0. The Morgan fingerprint density at radius 2 is 2.22 bits per heavy atom. The molecule has 0 radical (unpaired) electrons. The minimum Gasteiger partial charge on any atom is -0.382 e. The van der Waals surface area contributed by atoms with E-state index < -0.39 is 9.84 Å². The van der Waals surface area contributed by atoms with Gasteiger partial charge in [-0.05, 0) is 30.8 Å². The van der Waals surface area contributed by atoms with Gasteiger partial charge in [0.25, 0.3) is 0 Å². The molecule has 1 aliphatic carbocycles. The monoisotopic (exact) mass is 289 g/mol. The van der Waals surface area contributed by atoms with Gasteiger partial charge in [-0.3, -0.25) is 0 Å². The summed E-state index contributed by atoms with van der Waals surface area (Å²) in [6.07, 6.45) is 3.65. The first-order chi connectivity index (χ1) is 8.44. The molecule has 1 aliphatic rings. The number of nitrogens with one attached hydrogen (secondary N) is 1. The van der Waals surface area contributed by atoms with E-state index in [1.807, 2.05) is 0 Å². The SMILES string of the molecule is CCS(=O)(=O)c1c(N)nsc1NC(C)CC1CC1. The van der Waals surface area contributed by atoms with E-state index >= 15 is 0 Å². The molecule has 18 heavy (non-hydrogen) atoms. The Labute approximate surface area is 112 Å². The van der Waals surface area contributed by atoms with E-state index in [4.69, 9.17) is 5.73 Å². The first-order valence-electron chi connectivity index (χ1n) is 6.18. The molecular weight excluding hydrogens is 270 g/mol. The van der Waals surface area contributed by atoms with Crippen LogP contribution in [0.4, 0.5) is 10.8 Å². The fraction of sp³-hybridized carbons (Fsp3) is 0.727. The smallest absolute Gasteiger partial charge is 0.184 e. The number of hydrogen-bond acceptors (Lipinski definition) is 6. The lowest BCUT2D eigenvalue weighted by Gasteiger charge is -2.14. The normalized spacial score (nSPS) is 17.7. The quantitative estimate of drug-likeness (QED) is 0.838. The van der Waals surface area contributed by atoms with Crippen LogP contribution in [0.2, 0.25) is 0 Å². The van der Waals surface area contributed by atoms with Crippen LogP contribution in [0.5, 0.6) is 0 Å². The Morgan fingerprint density at radius 1 is 1.56 bits per heavy atom. The third-order valence-corrected chi connectivity index (χ3v) is 5.84. The number of aromatic nitrogens is 1. The summed E-state index contributed by atoms with van der Waals surface area (Å²) in [5, 5.41) is 3.83. The van der Waals surface area contributed by atoms with Crippen molar-refractivity contribution < 1.29 is 8.42 Å². The molecule has 0 aliphatic heterocycles. The van der Waals surface area contributed by atoms with Crippen molar-refractivity contribution in [1.29, 1.82) is 0 Å². The van der Waals surface area contributed by atoms with Crippen LogP contribution in [-0.2, 0) is 9.84 Å². The summed E-state index contributed by atoms with van der Waals surface area (Å²) in [5.41, 5.74) is 5.67. The van der Waals surface area contributed by atoms with Crippen molar-refractivity contribution in [3.8, 4) is 0 Å². The summed E-state index contributed by atoms with van der Waals surface area (Å²) in [7, 11) is -3.31. The molecule has 0 aromatic carbocycles. The van der Waals surface area contributed by atoms with Gasteiger partial charge in [-0.2, -0.15) is 4.37 Å². The molecule has 0 saturated heterocycles. The molecule has 1 aromatic rings. The van der Waals surface area contributed by atoms with E-state index in [9.17, 15) is 8.42 Å². The molecule has 1 aromatic heterocycles. The zero-order valence-corrected chi connectivity index (χ0v) is 12.3. The van der Waals surface area contributed by atoms with E-state index in [2.05, 4.69) is 16.6 Å². The number of nitrogens with two attached hydrogens (primary N) is 1. The topological polar surface area (TPSA) is 85.1 Å². The second kappa shape index (κ2) is 5.05. The molecule has 1 atom stereocenters. The van der Waals surface area contributed by atoms with Crippen LogP contribution in [0.3, 0.4) is 0 Å². The molecule has 5 nitrogen and oxygen atoms in total. The van der Waals surface area contributed by atoms with Crippen LogP contribution in [0.25, 0.3) is 0 Å². The molecular formula is C11H19N3O2S2. The van der Waals surface area contributed by atoms with Crippen molar-refractivity contribution in [3.63, 3.8) is 0 Å². The highest BCUT2D eigenvalue weighted by molar-refractivity contribution is 7.91. The maximum atomic E-state index is 12.0. The van der Waals surface area contributed by atoms with E-state index in [1.165, 1.54) is 12.8 Å². The summed E-state index contributed by atoms with van der Waals surface area (Å²) in [6, 6.07) is 0.253. The molecule has 0 bridgehead atoms. The Kier molecular flexibility index (Phi) is 3.82. The Bertz CT molecular complexity index is 520. The van der Waals surface area contributed by atoms with E-state index in [0.29, 0.717) is 5.00 Å². The molecule has 1 heterocycles. The minimum absolute atomic E-state index is 0.0430. The Hall–Kier alpha value is -0.820. The largest absolute Gasteiger partial charge is 0.382 e. The predicted octanol–water partition coefficient (Wildman–Crippen LogP) is 2.12. The van der Waals surface area contributed by atoms with Crippen LogP contribution in [0.1, 0.15) is 33.1 Å². The Balaban J connectivity index is 2.17. The first-order valence-corrected chi connectivity index (χ1v) is 8.61. The summed E-state index contributed by atoms with van der Waals surface area (Å²) < 4.78 is 27.9. The summed E-state index contributed by atoms with van der Waals surface area (Å²) >= 11 is 1.13. The van der Waals surface area contributed by atoms with Crippen molar-refractivity contribution in [2.24, 2.45) is 5.92 Å². The molecule has 102 valence electrons. The lowest BCUT2D eigenvalue weighted by atomic mass is 10.2. The van der Waals surface area contributed by atoms with Gasteiger partial charge in [0.05, 0.1) is 5.75 Å². The summed E-state index contributed by atoms with van der Waals surface area (Å²) in [4.78, 5) is 0.178. The number of sulfone groups is 1. The van der Waals surface area contributed by atoms with Crippen molar-refractivity contribution in [1.82, 2.24) is 4.37 Å². The molecule has 0 spiro atoms. The number of rotatable bonds is 6. The highest BCUT2D eigenvalue weighted by Crippen LogP contribution is 2.36. The van der Waals surface area contributed by atoms with Crippen LogP contribution in [-0.4, -0.2) is 24.6 Å². The van der Waals surface area contributed by atoms with Gasteiger partial charge in [0.15, 0.2) is 15.7 Å². The standard InChI is InChI=1S/C11H19N3O2S2/c1-3-18(15,16)9-10(12)14-17-11(9)13-7(2)6-8-4-5-8/h7-8,13H,3-6H2,1-2H3,(H2,12,14). The third-order valence-electron chi connectivity index (χ3n) is 3.13. The lowest BCUT2D eigenvalue weighted by molar-refractivity contribution is 0.597. The molecule has 1 unspecified atom stereocenters. The zero-order chi connectivity index (χ0) is 13.3. The first kappa shape index (κ1) is 13.6. The van der Waals surface area contributed by atoms with Crippen LogP contribution < -0.4 is 11.1 Å². The second-order valence-electron chi connectivity index (χ2n) is 4.85. The van der Waals surface area contributed by atoms with E-state index in [1.54, 1.807) is 6.92 Å². The van der Waals surface area contributed by atoms with Gasteiger partial charge < -0.3 is 11.1 Å². The lowest BCUT2D eigenvalue weighted by Crippen LogP contribution is -2.17.